The number of rotatable bonds is 6. The molecule has 2 N–H and O–H groups in total. The lowest BCUT2D eigenvalue weighted by molar-refractivity contribution is -0.122. The molecular formula is C10H17N5O. The minimum atomic E-state index is -0.274. The Morgan fingerprint density at radius 1 is 1.75 bits per heavy atom. The van der Waals surface area contributed by atoms with Gasteiger partial charge in [-0.25, -0.2) is 4.98 Å². The third kappa shape index (κ3) is 3.82. The fourth-order valence-electron chi connectivity index (χ4n) is 1.13. The molecule has 0 radical (unpaired) electrons. The SMILES string of the molecule is C=CCNC(=O)C(C)NCc1ncn(C)n1. The average molecular weight is 223 g/mol. The summed E-state index contributed by atoms with van der Waals surface area (Å²) in [6, 6.07) is -0.274. The van der Waals surface area contributed by atoms with Crippen molar-refractivity contribution in [2.45, 2.75) is 19.5 Å². The van der Waals surface area contributed by atoms with Gasteiger partial charge in [0.15, 0.2) is 5.82 Å². The molecule has 0 saturated carbocycles. The van der Waals surface area contributed by atoms with Gasteiger partial charge in [0.1, 0.15) is 6.33 Å². The summed E-state index contributed by atoms with van der Waals surface area (Å²) in [5.74, 6) is 0.613. The fourth-order valence-corrected chi connectivity index (χ4v) is 1.13. The van der Waals surface area contributed by atoms with Crippen LogP contribution in [0.3, 0.4) is 0 Å². The van der Waals surface area contributed by atoms with Crippen LogP contribution in [0.2, 0.25) is 0 Å². The highest BCUT2D eigenvalue weighted by Gasteiger charge is 2.11. The number of hydrogen-bond acceptors (Lipinski definition) is 4. The molecule has 6 heteroatoms. The van der Waals surface area contributed by atoms with E-state index in [1.54, 1.807) is 31.1 Å². The molecule has 0 spiro atoms. The fraction of sp³-hybridized carbons (Fsp3) is 0.500. The summed E-state index contributed by atoms with van der Waals surface area (Å²) in [4.78, 5) is 15.5. The van der Waals surface area contributed by atoms with Gasteiger partial charge < -0.3 is 5.32 Å². The summed E-state index contributed by atoms with van der Waals surface area (Å²) in [6.45, 7) is 6.28. The molecule has 1 heterocycles. The van der Waals surface area contributed by atoms with E-state index in [1.165, 1.54) is 0 Å². The first kappa shape index (κ1) is 12.4. The van der Waals surface area contributed by atoms with Crippen molar-refractivity contribution >= 4 is 5.91 Å². The Labute approximate surface area is 94.7 Å². The molecule has 0 aliphatic heterocycles. The number of nitrogens with one attached hydrogen (secondary N) is 2. The van der Waals surface area contributed by atoms with E-state index >= 15 is 0 Å². The first-order valence-electron chi connectivity index (χ1n) is 5.10. The van der Waals surface area contributed by atoms with Crippen molar-refractivity contribution in [3.05, 3.63) is 24.8 Å². The van der Waals surface area contributed by atoms with Crippen LogP contribution in [0.5, 0.6) is 0 Å². The number of carbonyl (C=O) groups excluding carboxylic acids is 1. The molecule has 0 aliphatic rings. The van der Waals surface area contributed by atoms with E-state index in [9.17, 15) is 4.79 Å². The topological polar surface area (TPSA) is 71.8 Å². The van der Waals surface area contributed by atoms with E-state index in [0.717, 1.165) is 0 Å². The molecule has 0 saturated heterocycles. The summed E-state index contributed by atoms with van der Waals surface area (Å²) in [5, 5.41) is 9.84. The van der Waals surface area contributed by atoms with Crippen LogP contribution in [-0.2, 0) is 18.4 Å². The molecule has 1 aromatic heterocycles. The van der Waals surface area contributed by atoms with Crippen LogP contribution in [0.15, 0.2) is 19.0 Å². The summed E-state index contributed by atoms with van der Waals surface area (Å²) < 4.78 is 1.62. The molecule has 16 heavy (non-hydrogen) atoms. The van der Waals surface area contributed by atoms with E-state index in [4.69, 9.17) is 0 Å². The van der Waals surface area contributed by atoms with Crippen LogP contribution in [0.25, 0.3) is 0 Å². The van der Waals surface area contributed by atoms with E-state index in [1.807, 2.05) is 0 Å². The van der Waals surface area contributed by atoms with Crippen LogP contribution in [0.1, 0.15) is 12.7 Å². The van der Waals surface area contributed by atoms with Crippen LogP contribution in [-0.4, -0.2) is 33.3 Å². The average Bonchev–Trinajstić information content (AvgIpc) is 2.68. The molecule has 0 bridgehead atoms. The highest BCUT2D eigenvalue weighted by atomic mass is 16.2. The second kappa shape index (κ2) is 6.02. The zero-order valence-electron chi connectivity index (χ0n) is 9.60. The summed E-state index contributed by atoms with van der Waals surface area (Å²) in [7, 11) is 1.80. The summed E-state index contributed by atoms with van der Waals surface area (Å²) >= 11 is 0. The van der Waals surface area contributed by atoms with Gasteiger partial charge in [-0.3, -0.25) is 14.8 Å². The zero-order chi connectivity index (χ0) is 12.0. The molecule has 1 amide bonds. The lowest BCUT2D eigenvalue weighted by Gasteiger charge is -2.11. The van der Waals surface area contributed by atoms with Crippen LogP contribution in [0.4, 0.5) is 0 Å². The molecule has 0 aliphatic carbocycles. The monoisotopic (exact) mass is 223 g/mol. The Hall–Kier alpha value is -1.69. The Morgan fingerprint density at radius 3 is 3.06 bits per heavy atom. The van der Waals surface area contributed by atoms with Crippen LogP contribution in [0, 0.1) is 0 Å². The minimum Gasteiger partial charge on any atom is -0.351 e. The van der Waals surface area contributed by atoms with Gasteiger partial charge in [0.05, 0.1) is 12.6 Å². The van der Waals surface area contributed by atoms with Crippen LogP contribution < -0.4 is 10.6 Å². The number of carbonyl (C=O) groups is 1. The Bertz CT molecular complexity index is 360. The minimum absolute atomic E-state index is 0.0594. The van der Waals surface area contributed by atoms with Gasteiger partial charge in [-0.1, -0.05) is 6.08 Å². The second-order valence-corrected chi connectivity index (χ2v) is 3.47. The number of nitrogens with zero attached hydrogens (tertiary/aromatic N) is 3. The van der Waals surface area contributed by atoms with Crippen molar-refractivity contribution in [2.24, 2.45) is 7.05 Å². The standard InChI is InChI=1S/C10H17N5O/c1-4-5-11-10(16)8(2)12-6-9-13-7-15(3)14-9/h4,7-8,12H,1,5-6H2,2-3H3,(H,11,16). The van der Waals surface area contributed by atoms with Gasteiger partial charge in [0.25, 0.3) is 0 Å². The van der Waals surface area contributed by atoms with Gasteiger partial charge in [0, 0.05) is 13.6 Å². The Balaban J connectivity index is 2.31. The first-order valence-corrected chi connectivity index (χ1v) is 5.10. The molecule has 1 aromatic rings. The predicted molar refractivity (Wildman–Crippen MR) is 60.5 cm³/mol. The normalized spacial score (nSPS) is 12.1. The van der Waals surface area contributed by atoms with Gasteiger partial charge >= 0.3 is 0 Å². The smallest absolute Gasteiger partial charge is 0.237 e. The first-order chi connectivity index (χ1) is 7.63. The molecule has 1 rings (SSSR count). The quantitative estimate of drug-likeness (QED) is 0.643. The van der Waals surface area contributed by atoms with Gasteiger partial charge in [-0.05, 0) is 6.92 Å². The lowest BCUT2D eigenvalue weighted by atomic mass is 10.3. The van der Waals surface area contributed by atoms with Gasteiger partial charge in [0.2, 0.25) is 5.91 Å². The number of hydrogen-bond donors (Lipinski definition) is 2. The molecular weight excluding hydrogens is 206 g/mol. The summed E-state index contributed by atoms with van der Waals surface area (Å²) in [5.41, 5.74) is 0. The van der Waals surface area contributed by atoms with Crippen LogP contribution >= 0.6 is 0 Å². The maximum absolute atomic E-state index is 11.5. The Morgan fingerprint density at radius 2 is 2.50 bits per heavy atom. The maximum atomic E-state index is 11.5. The highest BCUT2D eigenvalue weighted by molar-refractivity contribution is 5.81. The Kier molecular flexibility index (Phi) is 4.65. The number of aryl methyl sites for hydroxylation is 1. The molecule has 0 fully saturated rings. The zero-order valence-corrected chi connectivity index (χ0v) is 9.60. The highest BCUT2D eigenvalue weighted by Crippen LogP contribution is 1.89. The lowest BCUT2D eigenvalue weighted by Crippen LogP contribution is -2.42. The third-order valence-electron chi connectivity index (χ3n) is 2.03. The third-order valence-corrected chi connectivity index (χ3v) is 2.03. The predicted octanol–water partition coefficient (Wildman–Crippen LogP) is -0.405. The number of amides is 1. The van der Waals surface area contributed by atoms with Crippen molar-refractivity contribution < 1.29 is 4.79 Å². The van der Waals surface area contributed by atoms with E-state index in [0.29, 0.717) is 18.9 Å². The molecule has 1 unspecified atom stereocenters. The van der Waals surface area contributed by atoms with Crippen molar-refractivity contribution in [3.8, 4) is 0 Å². The summed E-state index contributed by atoms with van der Waals surface area (Å²) in [6.07, 6.45) is 3.27. The maximum Gasteiger partial charge on any atom is 0.237 e. The largest absolute Gasteiger partial charge is 0.351 e. The molecule has 88 valence electrons. The van der Waals surface area contributed by atoms with Gasteiger partial charge in [-0.2, -0.15) is 5.10 Å². The molecule has 1 atom stereocenters. The molecule has 0 aromatic carbocycles. The van der Waals surface area contributed by atoms with E-state index < -0.39 is 0 Å². The van der Waals surface area contributed by atoms with E-state index in [-0.39, 0.29) is 11.9 Å². The van der Waals surface area contributed by atoms with Crippen molar-refractivity contribution in [1.29, 1.82) is 0 Å². The van der Waals surface area contributed by atoms with Crippen molar-refractivity contribution in [1.82, 2.24) is 25.4 Å². The van der Waals surface area contributed by atoms with Gasteiger partial charge in [-0.15, -0.1) is 6.58 Å². The molecule has 6 nitrogen and oxygen atoms in total. The second-order valence-electron chi connectivity index (χ2n) is 3.47. The number of aromatic nitrogens is 3. The van der Waals surface area contributed by atoms with Crippen molar-refractivity contribution in [2.75, 3.05) is 6.54 Å². The van der Waals surface area contributed by atoms with E-state index in [2.05, 4.69) is 27.3 Å². The van der Waals surface area contributed by atoms with Crippen molar-refractivity contribution in [3.63, 3.8) is 0 Å².